The van der Waals surface area contributed by atoms with Crippen LogP contribution in [-0.2, 0) is 5.41 Å². The Hall–Kier alpha value is -7.88. The fourth-order valence-corrected chi connectivity index (χ4v) is 9.58. The van der Waals surface area contributed by atoms with E-state index in [1.165, 1.54) is 33.2 Å². The van der Waals surface area contributed by atoms with E-state index in [9.17, 15) is 0 Å². The Bertz CT molecular complexity index is 3490. The first-order valence-corrected chi connectivity index (χ1v) is 20.9. The first-order chi connectivity index (χ1) is 30.1. The number of aromatic nitrogens is 2. The summed E-state index contributed by atoms with van der Waals surface area (Å²) in [5, 5.41) is 4.55. The van der Waals surface area contributed by atoms with Crippen LogP contribution in [0.3, 0.4) is 0 Å². The summed E-state index contributed by atoms with van der Waals surface area (Å²) in [6.45, 7) is 2.36. The van der Waals surface area contributed by atoms with Gasteiger partial charge < -0.3 is 4.42 Å². The normalized spacial score (nSPS) is 14.4. The van der Waals surface area contributed by atoms with Crippen LogP contribution in [0.5, 0.6) is 0 Å². The van der Waals surface area contributed by atoms with Gasteiger partial charge in [-0.15, -0.1) is 0 Å². The molecule has 0 bridgehead atoms. The Kier molecular flexibility index (Phi) is 7.98. The van der Waals surface area contributed by atoms with Gasteiger partial charge in [0.2, 0.25) is 0 Å². The van der Waals surface area contributed by atoms with Gasteiger partial charge in [-0.2, -0.15) is 0 Å². The van der Waals surface area contributed by atoms with Gasteiger partial charge >= 0.3 is 0 Å². The van der Waals surface area contributed by atoms with Crippen LogP contribution in [0.4, 0.5) is 0 Å². The quantitative estimate of drug-likeness (QED) is 0.169. The van der Waals surface area contributed by atoms with Gasteiger partial charge in [0.1, 0.15) is 11.2 Å². The molecule has 0 amide bonds. The third-order valence-electron chi connectivity index (χ3n) is 12.7. The lowest BCUT2D eigenvalue weighted by Gasteiger charge is -2.28. The lowest BCUT2D eigenvalue weighted by molar-refractivity contribution is 0.669. The van der Waals surface area contributed by atoms with Gasteiger partial charge in [0.25, 0.3) is 0 Å². The average molecular weight is 779 g/mol. The van der Waals surface area contributed by atoms with Crippen LogP contribution in [0.1, 0.15) is 23.6 Å². The standard InChI is InChI=1S/C58H38N2O/c1-58(46-18-6-3-7-19-46)51-22-12-10-20-47(51)48-28-26-41(35-52(48)58)53-36-54(60-57(59-53)42-25-24-38-16-8-9-17-39(38)30-42)45-32-43(37-14-4-2-5-15-37)31-44(33-45)40-27-29-56-50(34-40)49-21-11-13-23-55(49)61-56/h2-36H,1H3. The van der Waals surface area contributed by atoms with E-state index in [1.807, 2.05) is 12.1 Å². The van der Waals surface area contributed by atoms with E-state index in [0.717, 1.165) is 77.7 Å². The van der Waals surface area contributed by atoms with Crippen molar-refractivity contribution in [2.45, 2.75) is 12.3 Å². The fraction of sp³-hybridized carbons (Fsp3) is 0.0345. The van der Waals surface area contributed by atoms with Crippen molar-refractivity contribution >= 4 is 32.7 Å². The highest BCUT2D eigenvalue weighted by atomic mass is 16.3. The van der Waals surface area contributed by atoms with E-state index >= 15 is 0 Å². The van der Waals surface area contributed by atoms with Gasteiger partial charge in [-0.25, -0.2) is 9.97 Å². The summed E-state index contributed by atoms with van der Waals surface area (Å²) < 4.78 is 6.23. The summed E-state index contributed by atoms with van der Waals surface area (Å²) >= 11 is 0. The second-order valence-corrected chi connectivity index (χ2v) is 16.3. The van der Waals surface area contributed by atoms with E-state index < -0.39 is 0 Å². The van der Waals surface area contributed by atoms with Gasteiger partial charge in [0.15, 0.2) is 5.82 Å². The molecular weight excluding hydrogens is 741 g/mol. The zero-order valence-electron chi connectivity index (χ0n) is 33.5. The van der Waals surface area contributed by atoms with Gasteiger partial charge in [-0.3, -0.25) is 0 Å². The molecule has 1 atom stereocenters. The van der Waals surface area contributed by atoms with Crippen molar-refractivity contribution in [2.75, 3.05) is 0 Å². The molecule has 1 aliphatic rings. The van der Waals surface area contributed by atoms with Crippen molar-refractivity contribution in [1.82, 2.24) is 9.97 Å². The van der Waals surface area contributed by atoms with Crippen molar-refractivity contribution in [2.24, 2.45) is 0 Å². The summed E-state index contributed by atoms with van der Waals surface area (Å²) in [5.74, 6) is 0.686. The molecule has 2 aromatic heterocycles. The molecule has 0 saturated heterocycles. The van der Waals surface area contributed by atoms with Crippen molar-refractivity contribution in [3.05, 3.63) is 229 Å². The first-order valence-electron chi connectivity index (χ1n) is 20.9. The zero-order valence-corrected chi connectivity index (χ0v) is 33.5. The minimum atomic E-state index is -0.333. The molecule has 61 heavy (non-hydrogen) atoms. The molecule has 0 fully saturated rings. The van der Waals surface area contributed by atoms with Crippen LogP contribution < -0.4 is 0 Å². The SMILES string of the molecule is CC1(c2ccccc2)c2ccccc2-c2ccc(-c3cc(-c4cc(-c5ccccc5)cc(-c5ccc6oc7ccccc7c6c5)c4)nc(-c4ccc5ccccc5c4)n3)cc21. The summed E-state index contributed by atoms with van der Waals surface area (Å²) in [7, 11) is 0. The summed E-state index contributed by atoms with van der Waals surface area (Å²) in [5.41, 5.74) is 17.1. The largest absolute Gasteiger partial charge is 0.456 e. The number of benzene rings is 9. The topological polar surface area (TPSA) is 38.9 Å². The molecule has 0 aliphatic heterocycles. The molecule has 11 aromatic rings. The van der Waals surface area contributed by atoms with Crippen molar-refractivity contribution in [1.29, 1.82) is 0 Å². The maximum Gasteiger partial charge on any atom is 0.160 e. The third kappa shape index (κ3) is 5.81. The van der Waals surface area contributed by atoms with Crippen molar-refractivity contribution in [3.8, 4) is 67.3 Å². The molecule has 286 valence electrons. The number of rotatable bonds is 6. The van der Waals surface area contributed by atoms with E-state index in [2.05, 4.69) is 207 Å². The molecule has 1 unspecified atom stereocenters. The molecule has 1 aliphatic carbocycles. The van der Waals surface area contributed by atoms with Crippen molar-refractivity contribution in [3.63, 3.8) is 0 Å². The maximum atomic E-state index is 6.23. The lowest BCUT2D eigenvalue weighted by atomic mass is 9.74. The van der Waals surface area contributed by atoms with Gasteiger partial charge in [-0.1, -0.05) is 158 Å². The minimum Gasteiger partial charge on any atom is -0.456 e. The molecule has 3 nitrogen and oxygen atoms in total. The van der Waals surface area contributed by atoms with E-state index in [-0.39, 0.29) is 5.41 Å². The van der Waals surface area contributed by atoms with E-state index in [0.29, 0.717) is 5.82 Å². The van der Waals surface area contributed by atoms with E-state index in [1.54, 1.807) is 0 Å². The molecule has 12 rings (SSSR count). The van der Waals surface area contributed by atoms with Crippen LogP contribution in [-0.4, -0.2) is 9.97 Å². The highest BCUT2D eigenvalue weighted by Gasteiger charge is 2.40. The Morgan fingerprint density at radius 1 is 0.361 bits per heavy atom. The molecule has 3 heteroatoms. The van der Waals surface area contributed by atoms with Gasteiger partial charge in [0.05, 0.1) is 11.4 Å². The Morgan fingerprint density at radius 2 is 0.984 bits per heavy atom. The maximum absolute atomic E-state index is 6.23. The average Bonchev–Trinajstić information content (AvgIpc) is 3.84. The monoisotopic (exact) mass is 778 g/mol. The number of fused-ring (bicyclic) bond motifs is 7. The third-order valence-corrected chi connectivity index (χ3v) is 12.7. The van der Waals surface area contributed by atoms with Gasteiger partial charge in [-0.05, 0) is 122 Å². The number of furan rings is 1. The summed E-state index contributed by atoms with van der Waals surface area (Å²) in [6.07, 6.45) is 0. The van der Waals surface area contributed by atoms with Crippen LogP contribution in [0.25, 0.3) is 100.0 Å². The molecule has 0 spiro atoms. The number of para-hydroxylation sites is 1. The second-order valence-electron chi connectivity index (χ2n) is 16.3. The summed E-state index contributed by atoms with van der Waals surface area (Å²) in [6, 6.07) is 76.0. The van der Waals surface area contributed by atoms with Crippen LogP contribution in [0, 0.1) is 0 Å². The Balaban J connectivity index is 1.08. The van der Waals surface area contributed by atoms with Crippen LogP contribution in [0.2, 0.25) is 0 Å². The molecule has 0 radical (unpaired) electrons. The van der Waals surface area contributed by atoms with Gasteiger partial charge in [0, 0.05) is 32.9 Å². The Labute approximate surface area is 354 Å². The molecular formula is C58H38N2O. The molecule has 2 heterocycles. The predicted octanol–water partition coefficient (Wildman–Crippen LogP) is 15.2. The minimum absolute atomic E-state index is 0.333. The molecule has 0 N–H and O–H groups in total. The smallest absolute Gasteiger partial charge is 0.160 e. The zero-order chi connectivity index (χ0) is 40.5. The van der Waals surface area contributed by atoms with Crippen LogP contribution in [0.15, 0.2) is 217 Å². The Morgan fingerprint density at radius 3 is 1.84 bits per heavy atom. The first kappa shape index (κ1) is 35.1. The molecule has 9 aromatic carbocycles. The number of hydrogen-bond donors (Lipinski definition) is 0. The lowest BCUT2D eigenvalue weighted by Crippen LogP contribution is -2.22. The highest BCUT2D eigenvalue weighted by molar-refractivity contribution is 6.06. The second kappa shape index (κ2) is 13.9. The molecule has 0 saturated carbocycles. The number of nitrogens with zero attached hydrogens (tertiary/aromatic N) is 2. The number of hydrogen-bond acceptors (Lipinski definition) is 3. The van der Waals surface area contributed by atoms with E-state index in [4.69, 9.17) is 14.4 Å². The predicted molar refractivity (Wildman–Crippen MR) is 251 cm³/mol. The van der Waals surface area contributed by atoms with Crippen LogP contribution >= 0.6 is 0 Å². The van der Waals surface area contributed by atoms with Crippen molar-refractivity contribution < 1.29 is 4.42 Å². The highest BCUT2D eigenvalue weighted by Crippen LogP contribution is 2.53. The fourth-order valence-electron chi connectivity index (χ4n) is 9.58. The summed E-state index contributed by atoms with van der Waals surface area (Å²) in [4.78, 5) is 10.8.